The van der Waals surface area contributed by atoms with Gasteiger partial charge in [0, 0.05) is 18.7 Å². The van der Waals surface area contributed by atoms with Crippen LogP contribution in [0.3, 0.4) is 0 Å². The predicted molar refractivity (Wildman–Crippen MR) is 70.1 cm³/mol. The molecule has 1 fully saturated rings. The van der Waals surface area contributed by atoms with Crippen LogP contribution in [0.2, 0.25) is 0 Å². The van der Waals surface area contributed by atoms with Gasteiger partial charge in [-0.2, -0.15) is 18.2 Å². The van der Waals surface area contributed by atoms with Crippen LogP contribution in [0, 0.1) is 0 Å². The summed E-state index contributed by atoms with van der Waals surface area (Å²) in [5.41, 5.74) is 1.13. The Labute approximate surface area is 115 Å². The van der Waals surface area contributed by atoms with Crippen LogP contribution in [0.5, 0.6) is 0 Å². The summed E-state index contributed by atoms with van der Waals surface area (Å²) in [7, 11) is 0. The number of hydrazine groups is 1. The zero-order valence-corrected chi connectivity index (χ0v) is 11.2. The van der Waals surface area contributed by atoms with Gasteiger partial charge in [0.1, 0.15) is 5.82 Å². The van der Waals surface area contributed by atoms with Gasteiger partial charge in [-0.05, 0) is 25.7 Å². The topological polar surface area (TPSA) is 67.1 Å². The molecule has 3 N–H and O–H groups in total. The van der Waals surface area contributed by atoms with Crippen molar-refractivity contribution < 1.29 is 13.2 Å². The van der Waals surface area contributed by atoms with E-state index in [0.29, 0.717) is 6.54 Å². The van der Waals surface area contributed by atoms with Crippen LogP contribution in [0.25, 0.3) is 0 Å². The first-order valence-electron chi connectivity index (χ1n) is 6.65. The molecule has 0 amide bonds. The normalized spacial score (nSPS) is 20.1. The highest BCUT2D eigenvalue weighted by atomic mass is 19.4. The zero-order valence-electron chi connectivity index (χ0n) is 11.2. The van der Waals surface area contributed by atoms with Crippen LogP contribution in [0.4, 0.5) is 24.9 Å². The smallest absolute Gasteiger partial charge is 0.353 e. The molecule has 1 atom stereocenters. The second-order valence-electron chi connectivity index (χ2n) is 4.83. The molecule has 0 spiro atoms. The maximum atomic E-state index is 12.9. The number of piperidine rings is 1. The number of alkyl halides is 3. The number of aromatic nitrogens is 2. The van der Waals surface area contributed by atoms with Crippen LogP contribution >= 0.6 is 0 Å². The number of nitrogen functional groups attached to an aromatic ring is 1. The van der Waals surface area contributed by atoms with Gasteiger partial charge in [-0.1, -0.05) is 6.92 Å². The molecule has 2 heterocycles. The van der Waals surface area contributed by atoms with Crippen molar-refractivity contribution in [2.75, 3.05) is 16.9 Å². The van der Waals surface area contributed by atoms with E-state index in [4.69, 9.17) is 5.84 Å². The molecule has 20 heavy (non-hydrogen) atoms. The Morgan fingerprint density at radius 1 is 1.40 bits per heavy atom. The molecule has 8 heteroatoms. The maximum absolute atomic E-state index is 12.9. The fourth-order valence-electron chi connectivity index (χ4n) is 2.52. The summed E-state index contributed by atoms with van der Waals surface area (Å²) in [4.78, 5) is 9.35. The minimum Gasteiger partial charge on any atom is -0.353 e. The molecular formula is C12H18F3N5. The Hall–Kier alpha value is -1.57. The number of hydrogen-bond acceptors (Lipinski definition) is 5. The van der Waals surface area contributed by atoms with Gasteiger partial charge in [0.05, 0.1) is 0 Å². The van der Waals surface area contributed by atoms with Crippen LogP contribution < -0.4 is 16.2 Å². The fraction of sp³-hybridized carbons (Fsp3) is 0.667. The van der Waals surface area contributed by atoms with E-state index >= 15 is 0 Å². The van der Waals surface area contributed by atoms with Gasteiger partial charge in [-0.15, -0.1) is 0 Å². The monoisotopic (exact) mass is 289 g/mol. The molecule has 5 nitrogen and oxygen atoms in total. The molecular weight excluding hydrogens is 271 g/mol. The number of halogens is 3. The Kier molecular flexibility index (Phi) is 4.32. The quantitative estimate of drug-likeness (QED) is 0.661. The van der Waals surface area contributed by atoms with Gasteiger partial charge in [0.25, 0.3) is 0 Å². The van der Waals surface area contributed by atoms with Crippen LogP contribution in [-0.2, 0) is 6.18 Å². The minimum absolute atomic E-state index is 0.213. The minimum atomic E-state index is -4.51. The largest absolute Gasteiger partial charge is 0.433 e. The molecule has 0 aliphatic carbocycles. The van der Waals surface area contributed by atoms with Gasteiger partial charge in [-0.3, -0.25) is 5.43 Å². The molecule has 0 radical (unpaired) electrons. The second-order valence-corrected chi connectivity index (χ2v) is 4.83. The van der Waals surface area contributed by atoms with Crippen molar-refractivity contribution in [3.05, 3.63) is 11.8 Å². The highest BCUT2D eigenvalue weighted by Crippen LogP contribution is 2.32. The van der Waals surface area contributed by atoms with Crippen molar-refractivity contribution in [3.63, 3.8) is 0 Å². The molecule has 1 saturated heterocycles. The highest BCUT2D eigenvalue weighted by molar-refractivity contribution is 5.46. The summed E-state index contributed by atoms with van der Waals surface area (Å²) in [6, 6.07) is 1.21. The van der Waals surface area contributed by atoms with Crippen molar-refractivity contribution in [1.29, 1.82) is 0 Å². The van der Waals surface area contributed by atoms with E-state index in [1.54, 1.807) is 0 Å². The van der Waals surface area contributed by atoms with E-state index in [2.05, 4.69) is 15.4 Å². The molecule has 0 bridgehead atoms. The third kappa shape index (κ3) is 3.12. The van der Waals surface area contributed by atoms with E-state index in [9.17, 15) is 13.2 Å². The Morgan fingerprint density at radius 2 is 2.15 bits per heavy atom. The summed E-state index contributed by atoms with van der Waals surface area (Å²) in [5.74, 6) is 5.24. The predicted octanol–water partition coefficient (Wildman–Crippen LogP) is 2.55. The average Bonchev–Trinajstić information content (AvgIpc) is 2.45. The molecule has 1 aliphatic rings. The molecule has 1 aromatic heterocycles. The van der Waals surface area contributed by atoms with E-state index < -0.39 is 11.9 Å². The van der Waals surface area contributed by atoms with Crippen LogP contribution in [-0.4, -0.2) is 22.6 Å². The third-order valence-corrected chi connectivity index (χ3v) is 3.52. The molecule has 1 aliphatic heterocycles. The zero-order chi connectivity index (χ0) is 14.8. The van der Waals surface area contributed by atoms with Crippen LogP contribution in [0.1, 0.15) is 38.3 Å². The number of nitrogens with two attached hydrogens (primary N) is 1. The highest BCUT2D eigenvalue weighted by Gasteiger charge is 2.35. The van der Waals surface area contributed by atoms with E-state index in [1.807, 2.05) is 11.8 Å². The Bertz CT molecular complexity index is 463. The molecule has 2 rings (SSSR count). The molecule has 1 aromatic rings. The van der Waals surface area contributed by atoms with Gasteiger partial charge >= 0.3 is 6.18 Å². The average molecular weight is 289 g/mol. The molecule has 0 saturated carbocycles. The number of nitrogens with zero attached hydrogens (tertiary/aromatic N) is 3. The van der Waals surface area contributed by atoms with Gasteiger partial charge in [0.2, 0.25) is 5.95 Å². The summed E-state index contributed by atoms with van der Waals surface area (Å²) in [6.07, 6.45) is -0.633. The van der Waals surface area contributed by atoms with Crippen LogP contribution in [0.15, 0.2) is 6.07 Å². The van der Waals surface area contributed by atoms with Crippen molar-refractivity contribution in [2.24, 2.45) is 5.84 Å². The summed E-state index contributed by atoms with van der Waals surface area (Å²) in [5, 5.41) is 0. The summed E-state index contributed by atoms with van der Waals surface area (Å²) in [6.45, 7) is 2.73. The van der Waals surface area contributed by atoms with E-state index in [-0.39, 0.29) is 17.8 Å². The lowest BCUT2D eigenvalue weighted by Crippen LogP contribution is -2.40. The summed E-state index contributed by atoms with van der Waals surface area (Å²) >= 11 is 0. The first-order chi connectivity index (χ1) is 9.45. The third-order valence-electron chi connectivity index (χ3n) is 3.52. The lowest BCUT2D eigenvalue weighted by molar-refractivity contribution is -0.141. The second kappa shape index (κ2) is 5.82. The van der Waals surface area contributed by atoms with E-state index in [0.717, 1.165) is 31.7 Å². The number of nitrogens with one attached hydrogen (secondary N) is 1. The van der Waals surface area contributed by atoms with Crippen molar-refractivity contribution in [3.8, 4) is 0 Å². The van der Waals surface area contributed by atoms with Gasteiger partial charge in [0.15, 0.2) is 5.69 Å². The van der Waals surface area contributed by atoms with Crippen molar-refractivity contribution in [1.82, 2.24) is 9.97 Å². The number of anilines is 2. The molecule has 112 valence electrons. The lowest BCUT2D eigenvalue weighted by atomic mass is 10.00. The van der Waals surface area contributed by atoms with Crippen molar-refractivity contribution in [2.45, 2.75) is 44.8 Å². The fourth-order valence-corrected chi connectivity index (χ4v) is 2.52. The standard InChI is InChI=1S/C12H18F3N5/c1-2-8-5-3-4-6-20(8)10-7-9(12(13,14)15)17-11(18-10)19-16/h7-8H,2-6,16H2,1H3,(H,17,18,19). The molecule has 0 aromatic carbocycles. The van der Waals surface area contributed by atoms with E-state index in [1.165, 1.54) is 0 Å². The SMILES string of the molecule is CCC1CCCCN1c1cc(C(F)(F)F)nc(NN)n1. The maximum Gasteiger partial charge on any atom is 0.433 e. The molecule has 1 unspecified atom stereocenters. The number of hydrogen-bond donors (Lipinski definition) is 2. The van der Waals surface area contributed by atoms with Gasteiger partial charge in [-0.25, -0.2) is 10.8 Å². The van der Waals surface area contributed by atoms with Crippen molar-refractivity contribution >= 4 is 11.8 Å². The first kappa shape index (κ1) is 14.8. The lowest BCUT2D eigenvalue weighted by Gasteiger charge is -2.36. The Morgan fingerprint density at radius 3 is 2.75 bits per heavy atom. The Balaban J connectivity index is 2.39. The number of rotatable bonds is 3. The van der Waals surface area contributed by atoms with Gasteiger partial charge < -0.3 is 4.90 Å². The summed E-state index contributed by atoms with van der Waals surface area (Å²) < 4.78 is 38.6. The first-order valence-corrected chi connectivity index (χ1v) is 6.65.